The van der Waals surface area contributed by atoms with Gasteiger partial charge in [-0.25, -0.2) is 4.79 Å². The fourth-order valence-electron chi connectivity index (χ4n) is 2.42. The van der Waals surface area contributed by atoms with E-state index in [9.17, 15) is 9.59 Å². The van der Waals surface area contributed by atoms with Gasteiger partial charge in [0.25, 0.3) is 5.91 Å². The zero-order chi connectivity index (χ0) is 18.7. The van der Waals surface area contributed by atoms with Crippen molar-refractivity contribution in [2.45, 2.75) is 0 Å². The molecular weight excluding hydrogens is 374 g/mol. The molecule has 0 aliphatic heterocycles. The Kier molecular flexibility index (Phi) is 5.25. The van der Waals surface area contributed by atoms with Crippen molar-refractivity contribution in [2.75, 3.05) is 11.9 Å². The number of anilines is 1. The van der Waals surface area contributed by atoms with Crippen molar-refractivity contribution in [3.05, 3.63) is 71.2 Å². The van der Waals surface area contributed by atoms with Crippen molar-refractivity contribution in [3.8, 4) is 15.5 Å². The molecule has 0 aliphatic rings. The average molecular weight is 388 g/mol. The van der Waals surface area contributed by atoms with Crippen LogP contribution in [0.15, 0.2) is 60.7 Å². The number of hydrogen-bond donors (Lipinski definition) is 1. The first kappa shape index (κ1) is 18.0. The van der Waals surface area contributed by atoms with Gasteiger partial charge < -0.3 is 14.7 Å². The molecule has 132 valence electrons. The molecule has 26 heavy (non-hydrogen) atoms. The third-order valence-electron chi connectivity index (χ3n) is 3.69. The van der Waals surface area contributed by atoms with Crippen LogP contribution >= 0.6 is 22.9 Å². The second-order valence-electron chi connectivity index (χ2n) is 5.36. The van der Waals surface area contributed by atoms with E-state index in [1.165, 1.54) is 4.90 Å². The van der Waals surface area contributed by atoms with Crippen LogP contribution in [0.25, 0.3) is 10.4 Å². The number of rotatable bonds is 4. The smallest absolute Gasteiger partial charge is 0.449 e. The molecule has 0 radical (unpaired) electrons. The summed E-state index contributed by atoms with van der Waals surface area (Å²) in [5.41, 5.74) is 1.59. The number of ether oxygens (including phenoxy) is 1. The van der Waals surface area contributed by atoms with E-state index in [1.54, 1.807) is 37.4 Å². The summed E-state index contributed by atoms with van der Waals surface area (Å²) < 4.78 is 4.89. The van der Waals surface area contributed by atoms with Crippen molar-refractivity contribution in [1.29, 1.82) is 0 Å². The predicted octanol–water partition coefficient (Wildman–Crippen LogP) is 5.40. The largest absolute Gasteiger partial charge is 0.512 e. The summed E-state index contributed by atoms with van der Waals surface area (Å²) >= 11 is 7.26. The van der Waals surface area contributed by atoms with Gasteiger partial charge in [0, 0.05) is 11.9 Å². The lowest BCUT2D eigenvalue weighted by Crippen LogP contribution is -2.26. The third kappa shape index (κ3) is 3.71. The summed E-state index contributed by atoms with van der Waals surface area (Å²) in [5.74, 6) is -0.358. The molecule has 1 amide bonds. The van der Waals surface area contributed by atoms with Gasteiger partial charge in [0.2, 0.25) is 5.06 Å². The van der Waals surface area contributed by atoms with Gasteiger partial charge >= 0.3 is 6.16 Å². The highest BCUT2D eigenvalue weighted by Crippen LogP contribution is 2.43. The minimum absolute atomic E-state index is 0.124. The van der Waals surface area contributed by atoms with Gasteiger partial charge in [-0.05, 0) is 23.8 Å². The monoisotopic (exact) mass is 387 g/mol. The molecule has 1 aromatic heterocycles. The van der Waals surface area contributed by atoms with E-state index in [4.69, 9.17) is 21.4 Å². The van der Waals surface area contributed by atoms with Crippen molar-refractivity contribution in [1.82, 2.24) is 0 Å². The van der Waals surface area contributed by atoms with Crippen molar-refractivity contribution in [2.24, 2.45) is 0 Å². The highest BCUT2D eigenvalue weighted by Gasteiger charge is 2.23. The molecule has 0 saturated heterocycles. The maximum absolute atomic E-state index is 12.8. The first-order valence-corrected chi connectivity index (χ1v) is 8.79. The van der Waals surface area contributed by atoms with Crippen molar-refractivity contribution in [3.63, 3.8) is 0 Å². The van der Waals surface area contributed by atoms with Gasteiger partial charge in [-0.3, -0.25) is 4.79 Å². The zero-order valence-corrected chi connectivity index (χ0v) is 15.3. The molecule has 1 N–H and O–H groups in total. The van der Waals surface area contributed by atoms with E-state index >= 15 is 0 Å². The second-order valence-corrected chi connectivity index (χ2v) is 6.78. The molecule has 0 bridgehead atoms. The highest BCUT2D eigenvalue weighted by atomic mass is 35.5. The number of carbonyl (C=O) groups is 2. The summed E-state index contributed by atoms with van der Waals surface area (Å²) in [6, 6.07) is 17.9. The normalized spacial score (nSPS) is 10.4. The fraction of sp³-hybridized carbons (Fsp3) is 0.0526. The van der Waals surface area contributed by atoms with Gasteiger partial charge in [-0.2, -0.15) is 0 Å². The Morgan fingerprint density at radius 2 is 1.73 bits per heavy atom. The van der Waals surface area contributed by atoms with E-state index in [-0.39, 0.29) is 11.0 Å². The van der Waals surface area contributed by atoms with E-state index in [0.717, 1.165) is 21.8 Å². The molecule has 0 spiro atoms. The molecule has 3 rings (SSSR count). The van der Waals surface area contributed by atoms with Gasteiger partial charge in [0.15, 0.2) is 0 Å². The van der Waals surface area contributed by atoms with E-state index in [1.807, 2.05) is 30.3 Å². The number of carbonyl (C=O) groups excluding carboxylic acids is 1. The number of carboxylic acid groups (broad SMARTS) is 1. The van der Waals surface area contributed by atoms with Gasteiger partial charge in [0.1, 0.15) is 0 Å². The number of amides is 1. The maximum Gasteiger partial charge on any atom is 0.512 e. The van der Waals surface area contributed by atoms with Crippen LogP contribution in [0.5, 0.6) is 5.06 Å². The number of benzene rings is 2. The molecule has 0 aliphatic carbocycles. The minimum atomic E-state index is -1.44. The lowest BCUT2D eigenvalue weighted by Gasteiger charge is -2.17. The van der Waals surface area contributed by atoms with Crippen LogP contribution in [0, 0.1) is 0 Å². The molecule has 0 atom stereocenters. The van der Waals surface area contributed by atoms with Crippen LogP contribution in [0.2, 0.25) is 5.02 Å². The first-order valence-electron chi connectivity index (χ1n) is 7.60. The number of halogens is 1. The zero-order valence-electron chi connectivity index (χ0n) is 13.7. The molecular formula is C19H14ClNO4S. The Morgan fingerprint density at radius 1 is 1.08 bits per heavy atom. The number of hydrogen-bond acceptors (Lipinski definition) is 4. The maximum atomic E-state index is 12.8. The van der Waals surface area contributed by atoms with Crippen LogP contribution in [-0.4, -0.2) is 24.2 Å². The molecule has 3 aromatic rings. The number of nitrogens with zero attached hydrogens (tertiary/aromatic N) is 1. The molecule has 7 heteroatoms. The van der Waals surface area contributed by atoms with Crippen molar-refractivity contribution < 1.29 is 19.4 Å². The lowest BCUT2D eigenvalue weighted by atomic mass is 10.1. The highest BCUT2D eigenvalue weighted by molar-refractivity contribution is 7.18. The SMILES string of the molecule is CN(C(=O)c1ccccc1Cl)c1cc(-c2ccccc2)sc1OC(=O)O. The van der Waals surface area contributed by atoms with Crippen LogP contribution in [0.4, 0.5) is 10.5 Å². The molecule has 0 saturated carbocycles. The van der Waals surface area contributed by atoms with E-state index in [0.29, 0.717) is 16.3 Å². The summed E-state index contributed by atoms with van der Waals surface area (Å²) in [5, 5.41) is 9.46. The van der Waals surface area contributed by atoms with Crippen LogP contribution < -0.4 is 9.64 Å². The predicted molar refractivity (Wildman–Crippen MR) is 103 cm³/mol. The Bertz CT molecular complexity index is 955. The van der Waals surface area contributed by atoms with Gasteiger partial charge in [0.05, 0.1) is 16.3 Å². The van der Waals surface area contributed by atoms with E-state index < -0.39 is 6.16 Å². The van der Waals surface area contributed by atoms with E-state index in [2.05, 4.69) is 0 Å². The Hall–Kier alpha value is -2.83. The minimum Gasteiger partial charge on any atom is -0.449 e. The lowest BCUT2D eigenvalue weighted by molar-refractivity contribution is 0.0991. The molecule has 5 nitrogen and oxygen atoms in total. The Morgan fingerprint density at radius 3 is 2.38 bits per heavy atom. The first-order chi connectivity index (χ1) is 12.5. The third-order valence-corrected chi connectivity index (χ3v) is 5.07. The number of thiophene rings is 1. The standard InChI is InChI=1S/C19H14ClNO4S/c1-21(17(22)13-9-5-6-10-14(13)20)15-11-16(12-7-3-2-4-8-12)26-18(15)25-19(23)24/h2-11H,1H3,(H,23,24). The Labute approximate surface area is 159 Å². The van der Waals surface area contributed by atoms with Crippen LogP contribution in [-0.2, 0) is 0 Å². The molecule has 2 aromatic carbocycles. The quantitative estimate of drug-likeness (QED) is 0.608. The summed E-state index contributed by atoms with van der Waals surface area (Å²) in [6.45, 7) is 0. The van der Waals surface area contributed by atoms with Gasteiger partial charge in [-0.1, -0.05) is 65.4 Å². The summed E-state index contributed by atoms with van der Waals surface area (Å²) in [6.07, 6.45) is -1.44. The van der Waals surface area contributed by atoms with Crippen LogP contribution in [0.3, 0.4) is 0 Å². The Balaban J connectivity index is 2.02. The van der Waals surface area contributed by atoms with Crippen LogP contribution in [0.1, 0.15) is 10.4 Å². The average Bonchev–Trinajstić information content (AvgIpc) is 3.04. The summed E-state index contributed by atoms with van der Waals surface area (Å²) in [4.78, 5) is 26.0. The topological polar surface area (TPSA) is 66.8 Å². The van der Waals surface area contributed by atoms with Crippen molar-refractivity contribution >= 4 is 40.7 Å². The second kappa shape index (κ2) is 7.59. The molecule has 0 fully saturated rings. The fourth-order valence-corrected chi connectivity index (χ4v) is 3.67. The summed E-state index contributed by atoms with van der Waals surface area (Å²) in [7, 11) is 1.55. The molecule has 1 heterocycles. The van der Waals surface area contributed by atoms with Gasteiger partial charge in [-0.15, -0.1) is 0 Å². The molecule has 0 unspecified atom stereocenters.